The van der Waals surface area contributed by atoms with Gasteiger partial charge in [-0.15, -0.1) is 0 Å². The lowest BCUT2D eigenvalue weighted by Gasteiger charge is -2.34. The maximum absolute atomic E-state index is 8.77. The predicted molar refractivity (Wildman–Crippen MR) is 81.6 cm³/mol. The third-order valence-corrected chi connectivity index (χ3v) is 4.20. The number of benzene rings is 1. The predicted octanol–water partition coefficient (Wildman–Crippen LogP) is 2.32. The molecule has 0 amide bonds. The number of rotatable bonds is 4. The fourth-order valence-corrected chi connectivity index (χ4v) is 3.02. The first-order valence-corrected chi connectivity index (χ1v) is 7.44. The van der Waals surface area contributed by atoms with E-state index < -0.39 is 0 Å². The SMILES string of the molecule is Cc1cc(N2CCC(OCCO)CC2)c(Br)cc1N. The van der Waals surface area contributed by atoms with Gasteiger partial charge in [0.2, 0.25) is 0 Å². The Labute approximate surface area is 122 Å². The molecule has 0 radical (unpaired) electrons. The first kappa shape index (κ1) is 14.6. The molecule has 106 valence electrons. The average molecular weight is 329 g/mol. The topological polar surface area (TPSA) is 58.7 Å². The third kappa shape index (κ3) is 3.61. The number of piperidine rings is 1. The summed E-state index contributed by atoms with van der Waals surface area (Å²) >= 11 is 3.59. The minimum atomic E-state index is 0.100. The summed E-state index contributed by atoms with van der Waals surface area (Å²) < 4.78 is 6.63. The second kappa shape index (κ2) is 6.59. The zero-order valence-corrected chi connectivity index (χ0v) is 12.8. The lowest BCUT2D eigenvalue weighted by Crippen LogP contribution is -2.37. The van der Waals surface area contributed by atoms with Crippen LogP contribution in [0.3, 0.4) is 0 Å². The molecule has 0 saturated carbocycles. The second-order valence-corrected chi connectivity index (χ2v) is 5.80. The Morgan fingerprint density at radius 1 is 1.42 bits per heavy atom. The van der Waals surface area contributed by atoms with Gasteiger partial charge in [-0.25, -0.2) is 0 Å². The number of aliphatic hydroxyl groups is 1. The molecule has 1 aromatic carbocycles. The molecule has 5 heteroatoms. The lowest BCUT2D eigenvalue weighted by atomic mass is 10.1. The number of hydrogen-bond donors (Lipinski definition) is 2. The molecule has 0 spiro atoms. The van der Waals surface area contributed by atoms with E-state index in [4.69, 9.17) is 15.6 Å². The lowest BCUT2D eigenvalue weighted by molar-refractivity contribution is 0.0159. The third-order valence-electron chi connectivity index (χ3n) is 3.56. The van der Waals surface area contributed by atoms with Crippen LogP contribution in [0.5, 0.6) is 0 Å². The van der Waals surface area contributed by atoms with Crippen LogP contribution < -0.4 is 10.6 Å². The van der Waals surface area contributed by atoms with Crippen molar-refractivity contribution < 1.29 is 9.84 Å². The van der Waals surface area contributed by atoms with Gasteiger partial charge in [0.25, 0.3) is 0 Å². The molecule has 3 N–H and O–H groups in total. The molecule has 1 heterocycles. The molecule has 0 unspecified atom stereocenters. The van der Waals surface area contributed by atoms with Gasteiger partial charge in [0, 0.05) is 23.2 Å². The molecule has 1 aromatic rings. The van der Waals surface area contributed by atoms with Crippen molar-refractivity contribution in [1.29, 1.82) is 0 Å². The van der Waals surface area contributed by atoms with Gasteiger partial charge in [-0.2, -0.15) is 0 Å². The standard InChI is InChI=1S/C14H21BrN2O2/c1-10-8-14(12(15)9-13(10)16)17-4-2-11(3-5-17)19-7-6-18/h8-9,11,18H,2-7,16H2,1H3. The number of ether oxygens (including phenoxy) is 1. The van der Waals surface area contributed by atoms with Crippen LogP contribution in [0.2, 0.25) is 0 Å². The molecule has 1 saturated heterocycles. The number of hydrogen-bond acceptors (Lipinski definition) is 4. The number of nitrogen functional groups attached to an aromatic ring is 1. The molecular weight excluding hydrogens is 308 g/mol. The molecular formula is C14H21BrN2O2. The molecule has 0 bridgehead atoms. The van der Waals surface area contributed by atoms with E-state index in [1.54, 1.807) is 0 Å². The van der Waals surface area contributed by atoms with Crippen molar-refractivity contribution in [2.45, 2.75) is 25.9 Å². The number of aryl methyl sites for hydroxylation is 1. The van der Waals surface area contributed by atoms with Crippen molar-refractivity contribution >= 4 is 27.3 Å². The summed E-state index contributed by atoms with van der Waals surface area (Å²) in [6.45, 7) is 4.51. The van der Waals surface area contributed by atoms with E-state index in [2.05, 4.69) is 26.9 Å². The molecule has 0 atom stereocenters. The Balaban J connectivity index is 1.99. The number of aliphatic hydroxyl groups excluding tert-OH is 1. The number of halogens is 1. The smallest absolute Gasteiger partial charge is 0.0701 e. The molecule has 2 rings (SSSR count). The highest BCUT2D eigenvalue weighted by molar-refractivity contribution is 9.10. The summed E-state index contributed by atoms with van der Waals surface area (Å²) in [5, 5.41) is 8.77. The number of anilines is 2. The van der Waals surface area contributed by atoms with E-state index in [1.807, 2.05) is 13.0 Å². The van der Waals surface area contributed by atoms with Crippen LogP contribution in [0.25, 0.3) is 0 Å². The summed E-state index contributed by atoms with van der Waals surface area (Å²) in [5.41, 5.74) is 9.03. The van der Waals surface area contributed by atoms with E-state index in [9.17, 15) is 0 Å². The van der Waals surface area contributed by atoms with Crippen LogP contribution in [-0.2, 0) is 4.74 Å². The van der Waals surface area contributed by atoms with Gasteiger partial charge >= 0.3 is 0 Å². The Hall–Kier alpha value is -0.780. The van der Waals surface area contributed by atoms with Crippen molar-refractivity contribution in [1.82, 2.24) is 0 Å². The van der Waals surface area contributed by atoms with Gasteiger partial charge in [0.05, 0.1) is 25.0 Å². The highest BCUT2D eigenvalue weighted by Crippen LogP contribution is 2.32. The normalized spacial score (nSPS) is 16.9. The van der Waals surface area contributed by atoms with E-state index >= 15 is 0 Å². The Kier molecular flexibility index (Phi) is 5.07. The van der Waals surface area contributed by atoms with Crippen LogP contribution in [0.4, 0.5) is 11.4 Å². The van der Waals surface area contributed by atoms with Gasteiger partial charge in [-0.05, 0) is 53.4 Å². The van der Waals surface area contributed by atoms with Crippen molar-refractivity contribution in [3.8, 4) is 0 Å². The largest absolute Gasteiger partial charge is 0.398 e. The Morgan fingerprint density at radius 2 is 2.11 bits per heavy atom. The Bertz CT molecular complexity index is 432. The van der Waals surface area contributed by atoms with E-state index in [0.29, 0.717) is 6.61 Å². The van der Waals surface area contributed by atoms with Gasteiger partial charge in [-0.3, -0.25) is 0 Å². The fourth-order valence-electron chi connectivity index (χ4n) is 2.41. The fraction of sp³-hybridized carbons (Fsp3) is 0.571. The molecule has 0 aliphatic carbocycles. The maximum atomic E-state index is 8.77. The van der Waals surface area contributed by atoms with Crippen LogP contribution in [0.1, 0.15) is 18.4 Å². The first-order chi connectivity index (χ1) is 9.11. The molecule has 0 aromatic heterocycles. The quantitative estimate of drug-likeness (QED) is 0.833. The summed E-state index contributed by atoms with van der Waals surface area (Å²) in [6, 6.07) is 4.10. The van der Waals surface area contributed by atoms with Crippen LogP contribution >= 0.6 is 15.9 Å². The summed E-state index contributed by atoms with van der Waals surface area (Å²) in [7, 11) is 0. The zero-order valence-electron chi connectivity index (χ0n) is 11.2. The maximum Gasteiger partial charge on any atom is 0.0701 e. The second-order valence-electron chi connectivity index (χ2n) is 4.94. The van der Waals surface area contributed by atoms with Crippen LogP contribution in [-0.4, -0.2) is 37.5 Å². The molecule has 1 aliphatic heterocycles. The average Bonchev–Trinajstić information content (AvgIpc) is 2.41. The summed E-state index contributed by atoms with van der Waals surface area (Å²) in [6.07, 6.45) is 2.27. The van der Waals surface area contributed by atoms with Crippen molar-refractivity contribution in [3.05, 3.63) is 22.2 Å². The minimum absolute atomic E-state index is 0.100. The van der Waals surface area contributed by atoms with E-state index in [0.717, 1.165) is 41.7 Å². The van der Waals surface area contributed by atoms with E-state index in [-0.39, 0.29) is 12.7 Å². The van der Waals surface area contributed by atoms with Crippen molar-refractivity contribution in [2.75, 3.05) is 36.9 Å². The van der Waals surface area contributed by atoms with Crippen molar-refractivity contribution in [2.24, 2.45) is 0 Å². The highest BCUT2D eigenvalue weighted by Gasteiger charge is 2.21. The van der Waals surface area contributed by atoms with Gasteiger partial charge in [0.1, 0.15) is 0 Å². The zero-order chi connectivity index (χ0) is 13.8. The van der Waals surface area contributed by atoms with Crippen molar-refractivity contribution in [3.63, 3.8) is 0 Å². The molecule has 19 heavy (non-hydrogen) atoms. The monoisotopic (exact) mass is 328 g/mol. The molecule has 4 nitrogen and oxygen atoms in total. The molecule has 1 aliphatic rings. The molecule has 1 fully saturated rings. The highest BCUT2D eigenvalue weighted by atomic mass is 79.9. The summed E-state index contributed by atoms with van der Waals surface area (Å²) in [5.74, 6) is 0. The Morgan fingerprint density at radius 3 is 2.74 bits per heavy atom. The first-order valence-electron chi connectivity index (χ1n) is 6.65. The summed E-state index contributed by atoms with van der Waals surface area (Å²) in [4.78, 5) is 2.36. The number of nitrogens with two attached hydrogens (primary N) is 1. The van der Waals surface area contributed by atoms with Crippen LogP contribution in [0, 0.1) is 6.92 Å². The van der Waals surface area contributed by atoms with Gasteiger partial charge in [0.15, 0.2) is 0 Å². The van der Waals surface area contributed by atoms with Crippen LogP contribution in [0.15, 0.2) is 16.6 Å². The van der Waals surface area contributed by atoms with E-state index in [1.165, 1.54) is 5.69 Å². The minimum Gasteiger partial charge on any atom is -0.398 e. The number of nitrogens with zero attached hydrogens (tertiary/aromatic N) is 1. The van der Waals surface area contributed by atoms with Gasteiger partial charge < -0.3 is 20.5 Å². The van der Waals surface area contributed by atoms with Gasteiger partial charge in [-0.1, -0.05) is 0 Å².